The second kappa shape index (κ2) is 8.10. The summed E-state index contributed by atoms with van der Waals surface area (Å²) in [4.78, 5) is 4.61. The van der Waals surface area contributed by atoms with Crippen molar-refractivity contribution in [2.45, 2.75) is 38.1 Å². The Hall–Kier alpha value is -2.43. The van der Waals surface area contributed by atoms with E-state index in [2.05, 4.69) is 16.4 Å². The number of hydrogen-bond acceptors (Lipinski definition) is 5. The topological polar surface area (TPSA) is 52.6 Å². The molecule has 2 aromatic rings. The predicted octanol–water partition coefficient (Wildman–Crippen LogP) is 4.52. The molecule has 3 rings (SSSR count). The van der Waals surface area contributed by atoms with Crippen LogP contribution in [0.4, 0.5) is 5.69 Å². The number of aromatic nitrogens is 1. The summed E-state index contributed by atoms with van der Waals surface area (Å²) < 4.78 is 16.2. The lowest BCUT2D eigenvalue weighted by Crippen LogP contribution is -2.22. The Labute approximate surface area is 149 Å². The van der Waals surface area contributed by atoms with Crippen LogP contribution >= 0.6 is 0 Å². The SMILES string of the molecule is COc1cc(-c2ccc(NC3CCCCC3)cn2)cc(OC)c1OC. The normalized spacial score (nSPS) is 14.8. The highest BCUT2D eigenvalue weighted by Crippen LogP contribution is 2.40. The van der Waals surface area contributed by atoms with E-state index in [0.29, 0.717) is 23.3 Å². The third-order valence-electron chi connectivity index (χ3n) is 4.70. The van der Waals surface area contributed by atoms with E-state index in [-0.39, 0.29) is 0 Å². The van der Waals surface area contributed by atoms with Gasteiger partial charge in [-0.15, -0.1) is 0 Å². The molecule has 25 heavy (non-hydrogen) atoms. The highest BCUT2D eigenvalue weighted by atomic mass is 16.5. The van der Waals surface area contributed by atoms with Crippen LogP contribution in [0.25, 0.3) is 11.3 Å². The average Bonchev–Trinajstić information content (AvgIpc) is 2.68. The first-order valence-electron chi connectivity index (χ1n) is 8.78. The van der Waals surface area contributed by atoms with E-state index in [1.165, 1.54) is 32.1 Å². The molecule has 0 unspecified atom stereocenters. The van der Waals surface area contributed by atoms with E-state index >= 15 is 0 Å². The molecule has 1 fully saturated rings. The van der Waals surface area contributed by atoms with Gasteiger partial charge < -0.3 is 19.5 Å². The van der Waals surface area contributed by atoms with E-state index in [9.17, 15) is 0 Å². The Bertz CT molecular complexity index is 670. The summed E-state index contributed by atoms with van der Waals surface area (Å²) in [6.07, 6.45) is 8.37. The van der Waals surface area contributed by atoms with Gasteiger partial charge in [-0.25, -0.2) is 0 Å². The molecule has 0 aliphatic heterocycles. The summed E-state index contributed by atoms with van der Waals surface area (Å²) >= 11 is 0. The van der Waals surface area contributed by atoms with Crippen LogP contribution in [0.3, 0.4) is 0 Å². The number of nitrogens with one attached hydrogen (secondary N) is 1. The van der Waals surface area contributed by atoms with Gasteiger partial charge in [0.1, 0.15) is 0 Å². The predicted molar refractivity (Wildman–Crippen MR) is 99.8 cm³/mol. The van der Waals surface area contributed by atoms with Crippen LogP contribution in [0, 0.1) is 0 Å². The summed E-state index contributed by atoms with van der Waals surface area (Å²) in [5.41, 5.74) is 2.87. The lowest BCUT2D eigenvalue weighted by Gasteiger charge is -2.23. The Morgan fingerprint density at radius 1 is 0.920 bits per heavy atom. The molecule has 1 heterocycles. The highest BCUT2D eigenvalue weighted by molar-refractivity contribution is 5.69. The van der Waals surface area contributed by atoms with Gasteiger partial charge in [0, 0.05) is 11.6 Å². The quantitative estimate of drug-likeness (QED) is 0.836. The van der Waals surface area contributed by atoms with Crippen molar-refractivity contribution in [3.05, 3.63) is 30.5 Å². The fourth-order valence-electron chi connectivity index (χ4n) is 3.36. The second-order valence-electron chi connectivity index (χ2n) is 6.33. The summed E-state index contributed by atoms with van der Waals surface area (Å²) in [5, 5.41) is 3.59. The summed E-state index contributed by atoms with van der Waals surface area (Å²) in [5.74, 6) is 1.84. The first kappa shape index (κ1) is 17.4. The number of pyridine rings is 1. The van der Waals surface area contributed by atoms with Crippen molar-refractivity contribution >= 4 is 5.69 Å². The van der Waals surface area contributed by atoms with Crippen molar-refractivity contribution in [1.29, 1.82) is 0 Å². The monoisotopic (exact) mass is 342 g/mol. The molecule has 5 nitrogen and oxygen atoms in total. The third kappa shape index (κ3) is 3.98. The summed E-state index contributed by atoms with van der Waals surface area (Å²) in [6.45, 7) is 0. The second-order valence-corrected chi connectivity index (χ2v) is 6.33. The van der Waals surface area contributed by atoms with Gasteiger partial charge in [0.2, 0.25) is 5.75 Å². The smallest absolute Gasteiger partial charge is 0.203 e. The molecular formula is C20H26N2O3. The third-order valence-corrected chi connectivity index (χ3v) is 4.70. The Kier molecular flexibility index (Phi) is 5.64. The molecule has 0 amide bonds. The van der Waals surface area contributed by atoms with Crippen LogP contribution in [0.1, 0.15) is 32.1 Å². The van der Waals surface area contributed by atoms with Crippen LogP contribution in [0.15, 0.2) is 30.5 Å². The van der Waals surface area contributed by atoms with Gasteiger partial charge in [0.05, 0.1) is 38.9 Å². The Balaban J connectivity index is 1.81. The van der Waals surface area contributed by atoms with Crippen LogP contribution < -0.4 is 19.5 Å². The van der Waals surface area contributed by atoms with Crippen LogP contribution in [-0.4, -0.2) is 32.4 Å². The van der Waals surface area contributed by atoms with Gasteiger partial charge in [-0.1, -0.05) is 19.3 Å². The van der Waals surface area contributed by atoms with Gasteiger partial charge in [-0.05, 0) is 37.1 Å². The number of ether oxygens (including phenoxy) is 3. The van der Waals surface area contributed by atoms with Crippen LogP contribution in [-0.2, 0) is 0 Å². The molecule has 1 saturated carbocycles. The first-order chi connectivity index (χ1) is 12.2. The number of rotatable bonds is 6. The van der Waals surface area contributed by atoms with Crippen molar-refractivity contribution in [2.75, 3.05) is 26.6 Å². The fourth-order valence-corrected chi connectivity index (χ4v) is 3.36. The number of benzene rings is 1. The standard InChI is InChI=1S/C20H26N2O3/c1-23-18-11-14(12-19(24-2)20(18)25-3)17-10-9-16(13-21-17)22-15-7-5-4-6-8-15/h9-13,15,22H,4-8H2,1-3H3. The molecule has 0 saturated heterocycles. The van der Waals surface area contributed by atoms with Gasteiger partial charge >= 0.3 is 0 Å². The number of hydrogen-bond donors (Lipinski definition) is 1. The zero-order valence-corrected chi connectivity index (χ0v) is 15.2. The van der Waals surface area contributed by atoms with Gasteiger partial charge in [0.15, 0.2) is 11.5 Å². The highest BCUT2D eigenvalue weighted by Gasteiger charge is 2.15. The maximum absolute atomic E-state index is 5.42. The van der Waals surface area contributed by atoms with Crippen LogP contribution in [0.2, 0.25) is 0 Å². The zero-order chi connectivity index (χ0) is 17.6. The van der Waals surface area contributed by atoms with E-state index in [1.54, 1.807) is 21.3 Å². The van der Waals surface area contributed by atoms with Gasteiger partial charge in [-0.3, -0.25) is 4.98 Å². The molecule has 0 atom stereocenters. The lowest BCUT2D eigenvalue weighted by atomic mass is 9.95. The molecule has 0 bridgehead atoms. The number of nitrogens with zero attached hydrogens (tertiary/aromatic N) is 1. The minimum atomic E-state index is 0.572. The van der Waals surface area contributed by atoms with E-state index in [1.807, 2.05) is 24.4 Å². The fraction of sp³-hybridized carbons (Fsp3) is 0.450. The molecule has 1 aliphatic rings. The molecule has 1 aliphatic carbocycles. The molecule has 1 aromatic heterocycles. The van der Waals surface area contributed by atoms with Crippen molar-refractivity contribution in [3.8, 4) is 28.5 Å². The van der Waals surface area contributed by atoms with E-state index < -0.39 is 0 Å². The lowest BCUT2D eigenvalue weighted by molar-refractivity contribution is 0.324. The number of methoxy groups -OCH3 is 3. The van der Waals surface area contributed by atoms with E-state index in [4.69, 9.17) is 14.2 Å². The maximum Gasteiger partial charge on any atom is 0.203 e. The van der Waals surface area contributed by atoms with Gasteiger partial charge in [-0.2, -0.15) is 0 Å². The molecule has 5 heteroatoms. The van der Waals surface area contributed by atoms with Crippen molar-refractivity contribution < 1.29 is 14.2 Å². The van der Waals surface area contributed by atoms with Crippen LogP contribution in [0.5, 0.6) is 17.2 Å². The maximum atomic E-state index is 5.42. The first-order valence-corrected chi connectivity index (χ1v) is 8.78. The minimum Gasteiger partial charge on any atom is -0.493 e. The molecule has 0 radical (unpaired) electrons. The largest absolute Gasteiger partial charge is 0.493 e. The minimum absolute atomic E-state index is 0.572. The molecule has 1 aromatic carbocycles. The zero-order valence-electron chi connectivity index (χ0n) is 15.2. The summed E-state index contributed by atoms with van der Waals surface area (Å²) in [7, 11) is 4.83. The number of anilines is 1. The molecule has 1 N–H and O–H groups in total. The van der Waals surface area contributed by atoms with E-state index in [0.717, 1.165) is 16.9 Å². The Morgan fingerprint density at radius 3 is 2.12 bits per heavy atom. The molecule has 134 valence electrons. The molecular weight excluding hydrogens is 316 g/mol. The average molecular weight is 342 g/mol. The van der Waals surface area contributed by atoms with Crippen molar-refractivity contribution in [1.82, 2.24) is 4.98 Å². The molecule has 0 spiro atoms. The van der Waals surface area contributed by atoms with Gasteiger partial charge in [0.25, 0.3) is 0 Å². The van der Waals surface area contributed by atoms with Crippen molar-refractivity contribution in [2.24, 2.45) is 0 Å². The Morgan fingerprint density at radius 2 is 1.60 bits per heavy atom. The van der Waals surface area contributed by atoms with Crippen molar-refractivity contribution in [3.63, 3.8) is 0 Å². The summed E-state index contributed by atoms with van der Waals surface area (Å²) in [6, 6.07) is 8.50.